The van der Waals surface area contributed by atoms with Gasteiger partial charge in [-0.1, -0.05) is 11.6 Å². The summed E-state index contributed by atoms with van der Waals surface area (Å²) in [5.74, 6) is 0.403. The van der Waals surface area contributed by atoms with Gasteiger partial charge in [0.15, 0.2) is 12.3 Å². The number of hydrogen-bond acceptors (Lipinski definition) is 5. The lowest BCUT2D eigenvalue weighted by Crippen LogP contribution is -2.25. The monoisotopic (exact) mass is 378 g/mol. The quantitative estimate of drug-likeness (QED) is 0.682. The van der Waals surface area contributed by atoms with E-state index < -0.39 is 5.82 Å². The Hall–Kier alpha value is -2.87. The predicted molar refractivity (Wildman–Crippen MR) is 91.3 cm³/mol. The number of imidazole rings is 1. The molecule has 7 nitrogen and oxygen atoms in total. The van der Waals surface area contributed by atoms with Crippen molar-refractivity contribution < 1.29 is 18.3 Å². The van der Waals surface area contributed by atoms with Gasteiger partial charge in [-0.15, -0.1) is 0 Å². The first kappa shape index (κ1) is 17.9. The minimum atomic E-state index is -0.457. The lowest BCUT2D eigenvalue weighted by Gasteiger charge is -2.05. The summed E-state index contributed by atoms with van der Waals surface area (Å²) in [6, 6.07) is 3.78. The summed E-state index contributed by atoms with van der Waals surface area (Å²) >= 11 is 5.88. The average Bonchev–Trinajstić information content (AvgIpc) is 3.28. The maximum Gasteiger partial charge on any atom is 0.273 e. The average molecular weight is 379 g/mol. The smallest absolute Gasteiger partial charge is 0.273 e. The fourth-order valence-electron chi connectivity index (χ4n) is 2.26. The number of hydrogen-bond donors (Lipinski definition) is 1. The van der Waals surface area contributed by atoms with Crippen LogP contribution in [0.2, 0.25) is 5.02 Å². The molecule has 1 amide bonds. The van der Waals surface area contributed by atoms with Crippen molar-refractivity contribution >= 4 is 17.5 Å². The lowest BCUT2D eigenvalue weighted by molar-refractivity contribution is 0.0944. The second-order valence-electron chi connectivity index (χ2n) is 5.30. The summed E-state index contributed by atoms with van der Waals surface area (Å²) in [4.78, 5) is 20.4. The molecule has 2 aromatic heterocycles. The molecule has 0 saturated heterocycles. The van der Waals surface area contributed by atoms with E-state index in [1.54, 1.807) is 6.20 Å². The van der Waals surface area contributed by atoms with Crippen LogP contribution in [0, 0.1) is 5.82 Å². The summed E-state index contributed by atoms with van der Waals surface area (Å²) in [5, 5.41) is 2.87. The molecular formula is C17H16ClFN4O3. The number of nitrogens with zero attached hydrogens (tertiary/aromatic N) is 3. The molecule has 0 radical (unpaired) electrons. The highest BCUT2D eigenvalue weighted by molar-refractivity contribution is 6.32. The molecule has 0 bridgehead atoms. The van der Waals surface area contributed by atoms with Gasteiger partial charge in [-0.2, -0.15) is 0 Å². The first-order valence-electron chi connectivity index (χ1n) is 7.87. The van der Waals surface area contributed by atoms with Gasteiger partial charge < -0.3 is 19.0 Å². The van der Waals surface area contributed by atoms with E-state index in [9.17, 15) is 9.18 Å². The molecule has 0 atom stereocenters. The van der Waals surface area contributed by atoms with E-state index in [4.69, 9.17) is 20.8 Å². The van der Waals surface area contributed by atoms with Gasteiger partial charge in [0, 0.05) is 18.9 Å². The molecule has 0 spiro atoms. The van der Waals surface area contributed by atoms with Gasteiger partial charge in [-0.3, -0.25) is 4.79 Å². The summed E-state index contributed by atoms with van der Waals surface area (Å²) < 4.78 is 25.6. The first-order chi connectivity index (χ1) is 12.6. The number of oxazole rings is 1. The number of amides is 1. The molecule has 0 aliphatic carbocycles. The summed E-state index contributed by atoms with van der Waals surface area (Å²) in [5.41, 5.74) is 0.128. The van der Waals surface area contributed by atoms with E-state index in [0.717, 1.165) is 18.4 Å². The molecule has 9 heteroatoms. The molecule has 3 aromatic rings. The highest BCUT2D eigenvalue weighted by atomic mass is 35.5. The Bertz CT molecular complexity index is 909. The van der Waals surface area contributed by atoms with Crippen molar-refractivity contribution in [1.29, 1.82) is 0 Å². The van der Waals surface area contributed by atoms with Gasteiger partial charge >= 0.3 is 0 Å². The van der Waals surface area contributed by atoms with E-state index in [0.29, 0.717) is 5.75 Å². The maximum atomic E-state index is 13.0. The van der Waals surface area contributed by atoms with E-state index in [1.165, 1.54) is 18.4 Å². The zero-order chi connectivity index (χ0) is 18.5. The third-order valence-electron chi connectivity index (χ3n) is 3.58. The van der Waals surface area contributed by atoms with E-state index in [-0.39, 0.29) is 35.7 Å². The Morgan fingerprint density at radius 1 is 1.46 bits per heavy atom. The maximum absolute atomic E-state index is 13.0. The second kappa shape index (κ2) is 8.01. The summed E-state index contributed by atoms with van der Waals surface area (Å²) in [7, 11) is 0. The molecule has 0 unspecified atom stereocenters. The normalized spacial score (nSPS) is 10.7. The van der Waals surface area contributed by atoms with Crippen LogP contribution in [-0.2, 0) is 19.7 Å². The number of aromatic nitrogens is 3. The predicted octanol–water partition coefficient (Wildman–Crippen LogP) is 3.19. The van der Waals surface area contributed by atoms with Crippen molar-refractivity contribution in [3.05, 3.63) is 65.1 Å². The molecule has 0 saturated carbocycles. The third-order valence-corrected chi connectivity index (χ3v) is 3.87. The van der Waals surface area contributed by atoms with Crippen LogP contribution in [0.15, 0.2) is 41.3 Å². The second-order valence-corrected chi connectivity index (χ2v) is 5.71. The molecular weight excluding hydrogens is 363 g/mol. The Balaban J connectivity index is 1.56. The number of ether oxygens (including phenoxy) is 1. The van der Waals surface area contributed by atoms with Gasteiger partial charge in [0.05, 0.1) is 11.6 Å². The number of nitrogens with one attached hydrogen (secondary N) is 1. The molecule has 2 heterocycles. The number of halogens is 2. The van der Waals surface area contributed by atoms with Gasteiger partial charge in [-0.05, 0) is 25.1 Å². The van der Waals surface area contributed by atoms with Crippen molar-refractivity contribution in [2.75, 3.05) is 0 Å². The number of carbonyl (C=O) groups excluding carboxylic acids is 1. The molecule has 1 aromatic carbocycles. The zero-order valence-corrected chi connectivity index (χ0v) is 14.7. The van der Waals surface area contributed by atoms with Gasteiger partial charge in [0.2, 0.25) is 5.89 Å². The van der Waals surface area contributed by atoms with Crippen LogP contribution >= 0.6 is 11.6 Å². The number of carbonyl (C=O) groups is 1. The van der Waals surface area contributed by atoms with Crippen LogP contribution in [0.25, 0.3) is 0 Å². The Kier molecular flexibility index (Phi) is 5.52. The van der Waals surface area contributed by atoms with Crippen LogP contribution in [0.4, 0.5) is 4.39 Å². The van der Waals surface area contributed by atoms with E-state index in [2.05, 4.69) is 15.3 Å². The van der Waals surface area contributed by atoms with Gasteiger partial charge in [0.1, 0.15) is 23.7 Å². The minimum absolute atomic E-state index is 0.0428. The van der Waals surface area contributed by atoms with Crippen molar-refractivity contribution in [3.8, 4) is 5.75 Å². The zero-order valence-electron chi connectivity index (χ0n) is 13.9. The highest BCUT2D eigenvalue weighted by Gasteiger charge is 2.14. The fourth-order valence-corrected chi connectivity index (χ4v) is 2.48. The molecule has 0 fully saturated rings. The molecule has 1 N–H and O–H groups in total. The summed E-state index contributed by atoms with van der Waals surface area (Å²) in [6.45, 7) is 3.00. The highest BCUT2D eigenvalue weighted by Crippen LogP contribution is 2.25. The van der Waals surface area contributed by atoms with Gasteiger partial charge in [0.25, 0.3) is 5.91 Å². The summed E-state index contributed by atoms with van der Waals surface area (Å²) in [6.07, 6.45) is 4.76. The van der Waals surface area contributed by atoms with Crippen LogP contribution in [-0.4, -0.2) is 20.4 Å². The fraction of sp³-hybridized carbons (Fsp3) is 0.235. The van der Waals surface area contributed by atoms with Crippen LogP contribution in [0.3, 0.4) is 0 Å². The SMILES string of the molecule is CCn1ccnc1CNC(=O)c1coc(COc2ccc(F)cc2Cl)n1. The largest absolute Gasteiger partial charge is 0.482 e. The molecule has 0 aliphatic heterocycles. The number of aryl methyl sites for hydroxylation is 1. The Morgan fingerprint density at radius 2 is 2.31 bits per heavy atom. The van der Waals surface area contributed by atoms with E-state index >= 15 is 0 Å². The molecule has 3 rings (SSSR count). The molecule has 136 valence electrons. The van der Waals surface area contributed by atoms with Crippen LogP contribution in [0.5, 0.6) is 5.75 Å². The minimum Gasteiger partial charge on any atom is -0.482 e. The Labute approximate surface area is 153 Å². The van der Waals surface area contributed by atoms with Crippen molar-refractivity contribution in [3.63, 3.8) is 0 Å². The van der Waals surface area contributed by atoms with E-state index in [1.807, 2.05) is 17.7 Å². The number of rotatable bonds is 7. The van der Waals surface area contributed by atoms with Crippen molar-refractivity contribution in [2.45, 2.75) is 26.6 Å². The third kappa shape index (κ3) is 4.20. The van der Waals surface area contributed by atoms with Crippen LogP contribution in [0.1, 0.15) is 29.1 Å². The standard InChI is InChI=1S/C17H16ClFN4O3/c1-2-23-6-5-20-15(23)8-21-17(24)13-9-26-16(22-13)10-25-14-4-3-11(19)7-12(14)18/h3-7,9H,2,8,10H2,1H3,(H,21,24). The first-order valence-corrected chi connectivity index (χ1v) is 8.25. The van der Waals surface area contributed by atoms with Crippen molar-refractivity contribution in [1.82, 2.24) is 19.9 Å². The number of benzene rings is 1. The van der Waals surface area contributed by atoms with Crippen LogP contribution < -0.4 is 10.1 Å². The molecule has 0 aliphatic rings. The Morgan fingerprint density at radius 3 is 3.08 bits per heavy atom. The topological polar surface area (TPSA) is 82.2 Å². The molecule has 26 heavy (non-hydrogen) atoms. The lowest BCUT2D eigenvalue weighted by atomic mass is 10.3. The van der Waals surface area contributed by atoms with Crippen molar-refractivity contribution in [2.24, 2.45) is 0 Å². The van der Waals surface area contributed by atoms with Gasteiger partial charge in [-0.25, -0.2) is 14.4 Å².